The van der Waals surface area contributed by atoms with Gasteiger partial charge in [-0.1, -0.05) is 13.8 Å². The van der Waals surface area contributed by atoms with Crippen LogP contribution in [-0.4, -0.2) is 56.0 Å². The van der Waals surface area contributed by atoms with E-state index in [0.29, 0.717) is 12.0 Å². The second kappa shape index (κ2) is 13.7. The molecule has 0 aromatic carbocycles. The van der Waals surface area contributed by atoms with Gasteiger partial charge in [0.25, 0.3) is 12.6 Å². The highest BCUT2D eigenvalue weighted by molar-refractivity contribution is 5.93. The van der Waals surface area contributed by atoms with E-state index in [-0.39, 0.29) is 37.5 Å². The van der Waals surface area contributed by atoms with Gasteiger partial charge < -0.3 is 20.1 Å². The zero-order valence-electron chi connectivity index (χ0n) is 18.2. The molecule has 1 aromatic rings. The van der Waals surface area contributed by atoms with Gasteiger partial charge in [0.05, 0.1) is 13.2 Å². The summed E-state index contributed by atoms with van der Waals surface area (Å²) in [5.74, 6) is -0.762. The van der Waals surface area contributed by atoms with Gasteiger partial charge in [0.1, 0.15) is 16.5 Å². The van der Waals surface area contributed by atoms with Crippen molar-refractivity contribution in [2.45, 2.75) is 40.0 Å². The molecule has 0 aliphatic carbocycles. The number of hydrogen-bond acceptors (Lipinski definition) is 8. The zero-order chi connectivity index (χ0) is 23.2. The first-order valence-corrected chi connectivity index (χ1v) is 9.78. The van der Waals surface area contributed by atoms with Crippen LogP contribution >= 0.6 is 0 Å². The Hall–Kier alpha value is -3.44. The minimum atomic E-state index is -0.806. The minimum Gasteiger partial charge on any atom is -0.464 e. The van der Waals surface area contributed by atoms with E-state index >= 15 is 0 Å². The average molecular weight is 442 g/mol. The number of esters is 1. The number of carbonyl (C=O) groups is 3. The van der Waals surface area contributed by atoms with Gasteiger partial charge >= 0.3 is 17.1 Å². The highest BCUT2D eigenvalue weighted by Gasteiger charge is 2.24. The number of alkyl carbamates (subject to hydrolysis) is 1. The third-order valence-corrected chi connectivity index (χ3v) is 3.77. The van der Waals surface area contributed by atoms with Crippen LogP contribution in [0.1, 0.15) is 37.6 Å². The van der Waals surface area contributed by atoms with Crippen molar-refractivity contribution in [3.05, 3.63) is 35.0 Å². The number of amides is 2. The molecule has 0 bridgehead atoms. The Labute approximate surface area is 180 Å². The lowest BCUT2D eigenvalue weighted by atomic mass is 10.0. The van der Waals surface area contributed by atoms with Crippen LogP contribution in [0.15, 0.2) is 24.5 Å². The number of aromatic nitrogens is 1. The second-order valence-corrected chi connectivity index (χ2v) is 6.74. The molecule has 0 radical (unpaired) electrons. The van der Waals surface area contributed by atoms with Crippen molar-refractivity contribution in [1.29, 1.82) is 0 Å². The van der Waals surface area contributed by atoms with Crippen molar-refractivity contribution >= 4 is 18.0 Å². The van der Waals surface area contributed by atoms with Gasteiger partial charge in [-0.15, -0.1) is 0 Å². The number of nitrogens with one attached hydrogen (secondary N) is 2. The van der Waals surface area contributed by atoms with Crippen molar-refractivity contribution in [2.24, 2.45) is 5.92 Å². The smallest absolute Gasteiger partial charge is 0.464 e. The Balaban J connectivity index is 2.55. The monoisotopic (exact) mass is 442 g/mol. The summed E-state index contributed by atoms with van der Waals surface area (Å²) < 4.78 is 11.6. The lowest BCUT2D eigenvalue weighted by Crippen LogP contribution is -2.45. The van der Waals surface area contributed by atoms with Crippen LogP contribution in [0.3, 0.4) is 0 Å². The number of ether oxygens (including phenoxy) is 2. The van der Waals surface area contributed by atoms with Gasteiger partial charge in [0.2, 0.25) is 0 Å². The maximum atomic E-state index is 12.2. The standard InChI is InChI=1S/C19H28N4O8/c1-5-29-18(25)16(11-14(2)3)21-19(26)30-13-22-9-6-7-15(12-22)17(24)20-8-10-31-23(27)28-4/h6-7,9,12,14,16H,5,8,10-11,13H2,1-4H3/p+2. The van der Waals surface area contributed by atoms with Gasteiger partial charge in [0.15, 0.2) is 26.1 Å². The number of rotatable bonds is 13. The molecule has 0 aliphatic heterocycles. The molecular weight excluding hydrogens is 412 g/mol. The molecule has 0 spiro atoms. The summed E-state index contributed by atoms with van der Waals surface area (Å²) in [4.78, 5) is 55.9. The van der Waals surface area contributed by atoms with Crippen LogP contribution < -0.4 is 15.2 Å². The van der Waals surface area contributed by atoms with Gasteiger partial charge in [-0.25, -0.2) is 9.59 Å². The number of pyridine rings is 1. The van der Waals surface area contributed by atoms with Crippen molar-refractivity contribution in [3.8, 4) is 0 Å². The van der Waals surface area contributed by atoms with Gasteiger partial charge in [-0.3, -0.25) is 4.79 Å². The third kappa shape index (κ3) is 10.2. The summed E-state index contributed by atoms with van der Waals surface area (Å²) in [5.41, 5.74) is 0.307. The second-order valence-electron chi connectivity index (χ2n) is 6.74. The van der Waals surface area contributed by atoms with Crippen molar-refractivity contribution in [1.82, 2.24) is 10.6 Å². The zero-order valence-corrected chi connectivity index (χ0v) is 18.2. The molecule has 12 heteroatoms. The number of nitrogens with zero attached hydrogens (tertiary/aromatic N) is 2. The van der Waals surface area contributed by atoms with E-state index in [1.165, 1.54) is 10.8 Å². The van der Waals surface area contributed by atoms with Gasteiger partial charge in [-0.05, 0) is 25.3 Å². The highest BCUT2D eigenvalue weighted by Crippen LogP contribution is 2.07. The van der Waals surface area contributed by atoms with Gasteiger partial charge in [0, 0.05) is 6.07 Å². The highest BCUT2D eigenvalue weighted by atomic mass is 17.0. The molecule has 1 aromatic heterocycles. The van der Waals surface area contributed by atoms with E-state index in [2.05, 4.69) is 20.3 Å². The topological polar surface area (TPSA) is 136 Å². The fraction of sp³-hybridized carbons (Fsp3) is 0.579. The first-order chi connectivity index (χ1) is 14.8. The van der Waals surface area contributed by atoms with Crippen LogP contribution in [0.4, 0.5) is 4.79 Å². The fourth-order valence-corrected chi connectivity index (χ4v) is 2.42. The Morgan fingerprint density at radius 3 is 2.61 bits per heavy atom. The largest absolute Gasteiger partial charge is 0.477 e. The van der Waals surface area contributed by atoms with Crippen LogP contribution in [-0.2, 0) is 30.7 Å². The molecular formula is C19H30N4O8+2. The Morgan fingerprint density at radius 1 is 1.23 bits per heavy atom. The van der Waals surface area contributed by atoms with Gasteiger partial charge in [-0.2, -0.15) is 14.2 Å². The molecule has 172 valence electrons. The lowest BCUT2D eigenvalue weighted by molar-refractivity contribution is -0.976. The third-order valence-electron chi connectivity index (χ3n) is 3.77. The Bertz CT molecular complexity index is 756. The molecule has 2 N–H and O–H groups in total. The Morgan fingerprint density at radius 2 is 1.97 bits per heavy atom. The predicted octanol–water partition coefficient (Wildman–Crippen LogP) is 0.637. The molecule has 1 atom stereocenters. The minimum absolute atomic E-state index is 0.0708. The maximum absolute atomic E-state index is 12.2. The summed E-state index contributed by atoms with van der Waals surface area (Å²) in [7, 11) is 1.15. The number of carbonyl (C=O) groups excluding carboxylic acids is 3. The van der Waals surface area contributed by atoms with Crippen LogP contribution in [0, 0.1) is 10.8 Å². The Kier molecular flexibility index (Phi) is 11.3. The summed E-state index contributed by atoms with van der Waals surface area (Å²) in [6.07, 6.45) is 2.72. The van der Waals surface area contributed by atoms with Crippen LogP contribution in [0.25, 0.3) is 0 Å². The molecule has 0 fully saturated rings. The summed E-state index contributed by atoms with van der Waals surface area (Å²) >= 11 is 0. The molecule has 0 saturated carbocycles. The summed E-state index contributed by atoms with van der Waals surface area (Å²) in [6, 6.07) is 2.37. The van der Waals surface area contributed by atoms with E-state index < -0.39 is 24.0 Å². The first-order valence-electron chi connectivity index (χ1n) is 9.78. The van der Waals surface area contributed by atoms with E-state index in [0.717, 1.165) is 7.11 Å². The SMILES string of the molecule is CCOC(=O)C(CC(C)C)NC(=O)OC[n+]1cccc(C(=O)NCCO[N+](=O)OC)c1. The number of hydrogen-bond donors (Lipinski definition) is 2. The fourth-order valence-electron chi connectivity index (χ4n) is 2.42. The molecule has 1 unspecified atom stereocenters. The van der Waals surface area contributed by atoms with Crippen LogP contribution in [0.2, 0.25) is 0 Å². The predicted molar refractivity (Wildman–Crippen MR) is 105 cm³/mol. The molecule has 12 nitrogen and oxygen atoms in total. The maximum Gasteiger partial charge on any atom is 0.477 e. The van der Waals surface area contributed by atoms with E-state index in [4.69, 9.17) is 9.47 Å². The van der Waals surface area contributed by atoms with Crippen molar-refractivity contribution in [3.63, 3.8) is 0 Å². The normalized spacial score (nSPS) is 11.3. The van der Waals surface area contributed by atoms with E-state index in [1.54, 1.807) is 25.3 Å². The first kappa shape index (κ1) is 25.6. The molecule has 0 aliphatic rings. The summed E-state index contributed by atoms with van der Waals surface area (Å²) in [5, 5.41) is 5.01. The van der Waals surface area contributed by atoms with Crippen molar-refractivity contribution < 1.29 is 43.2 Å². The lowest BCUT2D eigenvalue weighted by Gasteiger charge is -2.18. The molecule has 0 saturated heterocycles. The molecule has 31 heavy (non-hydrogen) atoms. The van der Waals surface area contributed by atoms with E-state index in [1.807, 2.05) is 13.8 Å². The van der Waals surface area contributed by atoms with Crippen LogP contribution in [0.5, 0.6) is 0 Å². The molecule has 2 amide bonds. The van der Waals surface area contributed by atoms with E-state index in [9.17, 15) is 19.3 Å². The quantitative estimate of drug-likeness (QED) is 0.197. The summed E-state index contributed by atoms with van der Waals surface area (Å²) in [6.45, 7) is 5.58. The van der Waals surface area contributed by atoms with Crippen molar-refractivity contribution in [2.75, 3.05) is 26.9 Å². The average Bonchev–Trinajstić information content (AvgIpc) is 2.74. The molecule has 1 rings (SSSR count). The molecule has 1 heterocycles.